The van der Waals surface area contributed by atoms with E-state index < -0.39 is 28.6 Å². The fourth-order valence-electron chi connectivity index (χ4n) is 3.03. The standard InChI is InChI=1S/C22H20Cl2N2O4S/c1-14-6-2-5-9-20(14)31(29,30)25-13-21(27)26-19-11-10-15(23)12-17(19)22(28)16-7-3-4-8-18(16)24/h2-12,22,25,28H,13H2,1H3,(H,26,27). The molecule has 0 spiro atoms. The van der Waals surface area contributed by atoms with E-state index in [1.807, 2.05) is 0 Å². The number of sulfonamides is 1. The van der Waals surface area contributed by atoms with Crippen LogP contribution >= 0.6 is 23.2 Å². The first-order valence-electron chi connectivity index (χ1n) is 9.26. The van der Waals surface area contributed by atoms with Gasteiger partial charge in [0.15, 0.2) is 0 Å². The molecule has 0 aliphatic rings. The topological polar surface area (TPSA) is 95.5 Å². The van der Waals surface area contributed by atoms with Gasteiger partial charge in [0, 0.05) is 26.9 Å². The van der Waals surface area contributed by atoms with Gasteiger partial charge in [0.05, 0.1) is 11.4 Å². The van der Waals surface area contributed by atoms with Gasteiger partial charge >= 0.3 is 0 Å². The highest BCUT2D eigenvalue weighted by Crippen LogP contribution is 2.34. The molecule has 1 unspecified atom stereocenters. The predicted octanol–water partition coefficient (Wildman–Crippen LogP) is 4.30. The minimum atomic E-state index is -3.86. The number of nitrogens with one attached hydrogen (secondary N) is 2. The molecule has 1 atom stereocenters. The summed E-state index contributed by atoms with van der Waals surface area (Å²) in [5.41, 5.74) is 1.63. The smallest absolute Gasteiger partial charge is 0.241 e. The van der Waals surface area contributed by atoms with Crippen LogP contribution < -0.4 is 10.0 Å². The summed E-state index contributed by atoms with van der Waals surface area (Å²) in [5, 5.41) is 14.2. The Morgan fingerprint density at radius 2 is 1.68 bits per heavy atom. The second-order valence-corrected chi connectivity index (χ2v) is 9.37. The Morgan fingerprint density at radius 3 is 2.39 bits per heavy atom. The second-order valence-electron chi connectivity index (χ2n) is 6.79. The fourth-order valence-corrected chi connectivity index (χ4v) is 4.67. The lowest BCUT2D eigenvalue weighted by atomic mass is 9.99. The number of aliphatic hydroxyl groups is 1. The molecule has 0 saturated carbocycles. The summed E-state index contributed by atoms with van der Waals surface area (Å²) >= 11 is 12.3. The van der Waals surface area contributed by atoms with Crippen LogP contribution in [-0.4, -0.2) is 26.0 Å². The van der Waals surface area contributed by atoms with Crippen molar-refractivity contribution in [1.82, 2.24) is 4.72 Å². The molecule has 0 radical (unpaired) electrons. The van der Waals surface area contributed by atoms with E-state index in [2.05, 4.69) is 10.0 Å². The number of anilines is 1. The molecule has 9 heteroatoms. The maximum Gasteiger partial charge on any atom is 0.241 e. The molecule has 3 aromatic rings. The van der Waals surface area contributed by atoms with Gasteiger partial charge in [-0.3, -0.25) is 4.79 Å². The molecule has 0 aromatic heterocycles. The van der Waals surface area contributed by atoms with Crippen molar-refractivity contribution in [3.05, 3.63) is 93.5 Å². The van der Waals surface area contributed by atoms with Crippen LogP contribution in [0.25, 0.3) is 0 Å². The van der Waals surface area contributed by atoms with E-state index in [9.17, 15) is 18.3 Å². The van der Waals surface area contributed by atoms with Gasteiger partial charge in [0.25, 0.3) is 0 Å². The number of halogens is 2. The van der Waals surface area contributed by atoms with Crippen LogP contribution in [0.4, 0.5) is 5.69 Å². The van der Waals surface area contributed by atoms with Crippen molar-refractivity contribution in [3.8, 4) is 0 Å². The van der Waals surface area contributed by atoms with Crippen LogP contribution in [0.1, 0.15) is 22.8 Å². The van der Waals surface area contributed by atoms with Gasteiger partial charge in [0.2, 0.25) is 15.9 Å². The molecule has 0 aliphatic carbocycles. The first-order valence-corrected chi connectivity index (χ1v) is 11.5. The second kappa shape index (κ2) is 9.80. The number of carbonyl (C=O) groups excluding carboxylic acids is 1. The third-order valence-electron chi connectivity index (χ3n) is 4.59. The van der Waals surface area contributed by atoms with E-state index in [0.717, 1.165) is 0 Å². The molecule has 3 rings (SSSR count). The number of rotatable bonds is 7. The number of hydrogen-bond acceptors (Lipinski definition) is 4. The van der Waals surface area contributed by atoms with Crippen LogP contribution in [0, 0.1) is 6.92 Å². The highest BCUT2D eigenvalue weighted by Gasteiger charge is 2.21. The molecule has 0 fully saturated rings. The highest BCUT2D eigenvalue weighted by molar-refractivity contribution is 7.89. The molecule has 0 bridgehead atoms. The molecule has 31 heavy (non-hydrogen) atoms. The van der Waals surface area contributed by atoms with Gasteiger partial charge in [-0.1, -0.05) is 59.6 Å². The van der Waals surface area contributed by atoms with E-state index in [4.69, 9.17) is 23.2 Å². The van der Waals surface area contributed by atoms with Crippen LogP contribution in [-0.2, 0) is 14.8 Å². The third-order valence-corrected chi connectivity index (χ3v) is 6.73. The Bertz CT molecular complexity index is 1220. The maximum absolute atomic E-state index is 12.5. The van der Waals surface area contributed by atoms with Crippen molar-refractivity contribution in [2.24, 2.45) is 0 Å². The maximum atomic E-state index is 12.5. The minimum Gasteiger partial charge on any atom is -0.384 e. The van der Waals surface area contributed by atoms with Crippen molar-refractivity contribution in [2.75, 3.05) is 11.9 Å². The van der Waals surface area contributed by atoms with Crippen LogP contribution in [0.5, 0.6) is 0 Å². The predicted molar refractivity (Wildman–Crippen MR) is 122 cm³/mol. The summed E-state index contributed by atoms with van der Waals surface area (Å²) in [6.07, 6.45) is -1.15. The summed E-state index contributed by atoms with van der Waals surface area (Å²) < 4.78 is 27.3. The summed E-state index contributed by atoms with van der Waals surface area (Å²) in [4.78, 5) is 12.6. The van der Waals surface area contributed by atoms with Crippen molar-refractivity contribution in [2.45, 2.75) is 17.9 Å². The van der Waals surface area contributed by atoms with Crippen molar-refractivity contribution in [1.29, 1.82) is 0 Å². The number of aryl methyl sites for hydroxylation is 1. The Balaban J connectivity index is 1.78. The monoisotopic (exact) mass is 478 g/mol. The molecule has 0 heterocycles. The van der Waals surface area contributed by atoms with Gasteiger partial charge < -0.3 is 10.4 Å². The Labute approximate surface area is 190 Å². The van der Waals surface area contributed by atoms with E-state index in [-0.39, 0.29) is 10.6 Å². The quantitative estimate of drug-likeness (QED) is 0.471. The number of benzene rings is 3. The van der Waals surface area contributed by atoms with E-state index in [1.165, 1.54) is 18.2 Å². The van der Waals surface area contributed by atoms with Gasteiger partial charge in [0.1, 0.15) is 6.10 Å². The molecule has 1 amide bonds. The normalized spacial score (nSPS) is 12.4. The first-order chi connectivity index (χ1) is 14.7. The lowest BCUT2D eigenvalue weighted by Crippen LogP contribution is -2.33. The van der Waals surface area contributed by atoms with Gasteiger partial charge in [-0.15, -0.1) is 0 Å². The largest absolute Gasteiger partial charge is 0.384 e. The Kier molecular flexibility index (Phi) is 7.35. The SMILES string of the molecule is Cc1ccccc1S(=O)(=O)NCC(=O)Nc1ccc(Cl)cc1C(O)c1ccccc1Cl. The lowest BCUT2D eigenvalue weighted by molar-refractivity contribution is -0.115. The van der Waals surface area contributed by atoms with E-state index in [1.54, 1.807) is 55.5 Å². The molecular weight excluding hydrogens is 459 g/mol. The number of aliphatic hydroxyl groups excluding tert-OH is 1. The lowest BCUT2D eigenvalue weighted by Gasteiger charge is -2.18. The molecule has 6 nitrogen and oxygen atoms in total. The van der Waals surface area contributed by atoms with Crippen LogP contribution in [0.2, 0.25) is 10.0 Å². The first kappa shape index (κ1) is 23.2. The minimum absolute atomic E-state index is 0.101. The van der Waals surface area contributed by atoms with Crippen molar-refractivity contribution in [3.63, 3.8) is 0 Å². The summed E-state index contributed by atoms with van der Waals surface area (Å²) in [6, 6.07) is 17.8. The van der Waals surface area contributed by atoms with E-state index >= 15 is 0 Å². The van der Waals surface area contributed by atoms with Crippen LogP contribution in [0.3, 0.4) is 0 Å². The van der Waals surface area contributed by atoms with Crippen molar-refractivity contribution < 1.29 is 18.3 Å². The van der Waals surface area contributed by atoms with Crippen LogP contribution in [0.15, 0.2) is 71.6 Å². The third kappa shape index (κ3) is 5.64. The zero-order valence-corrected chi connectivity index (χ0v) is 18.8. The molecular formula is C22H20Cl2N2O4S. The Morgan fingerprint density at radius 1 is 1.00 bits per heavy atom. The zero-order valence-electron chi connectivity index (χ0n) is 16.5. The van der Waals surface area contributed by atoms with Crippen molar-refractivity contribution >= 4 is 44.8 Å². The number of carbonyl (C=O) groups is 1. The molecule has 0 aliphatic heterocycles. The molecule has 3 aromatic carbocycles. The fraction of sp³-hybridized carbons (Fsp3) is 0.136. The summed E-state index contributed by atoms with van der Waals surface area (Å²) in [6.45, 7) is 1.19. The Hall–Kier alpha value is -2.42. The zero-order chi connectivity index (χ0) is 22.6. The summed E-state index contributed by atoms with van der Waals surface area (Å²) in [5.74, 6) is -0.605. The number of hydrogen-bond donors (Lipinski definition) is 3. The average molecular weight is 479 g/mol. The average Bonchev–Trinajstić information content (AvgIpc) is 2.74. The molecule has 162 valence electrons. The van der Waals surface area contributed by atoms with Gasteiger partial charge in [-0.2, -0.15) is 0 Å². The molecule has 3 N–H and O–H groups in total. The van der Waals surface area contributed by atoms with E-state index in [0.29, 0.717) is 26.7 Å². The molecule has 0 saturated heterocycles. The summed E-state index contributed by atoms with van der Waals surface area (Å²) in [7, 11) is -3.86. The highest BCUT2D eigenvalue weighted by atomic mass is 35.5. The number of amides is 1. The van der Waals surface area contributed by atoms with Gasteiger partial charge in [-0.05, 0) is 42.8 Å². The van der Waals surface area contributed by atoms with Gasteiger partial charge in [-0.25, -0.2) is 13.1 Å².